The maximum absolute atomic E-state index is 12.7. The fraction of sp³-hybridized carbons (Fsp3) is 0.625. The number of ether oxygens (including phenoxy) is 1. The van der Waals surface area contributed by atoms with Crippen molar-refractivity contribution in [2.45, 2.75) is 38.2 Å². The molecular formula is C16H22N2O3S. The Morgan fingerprint density at radius 2 is 2.18 bits per heavy atom. The number of hydrogen-bond acceptors (Lipinski definition) is 4. The lowest BCUT2D eigenvalue weighted by Gasteiger charge is -2.38. The van der Waals surface area contributed by atoms with Crippen LogP contribution in [0.25, 0.3) is 0 Å². The van der Waals surface area contributed by atoms with E-state index >= 15 is 0 Å². The minimum atomic E-state index is -0.517. The molecule has 5 nitrogen and oxygen atoms in total. The van der Waals surface area contributed by atoms with Gasteiger partial charge >= 0.3 is 6.09 Å². The molecule has 1 atom stereocenters. The molecule has 1 aromatic rings. The number of likely N-dealkylation sites (N-methyl/N-ethyl adjacent to an activating group) is 1. The first-order valence-corrected chi connectivity index (χ1v) is 8.60. The number of thiophene rings is 1. The summed E-state index contributed by atoms with van der Waals surface area (Å²) in [6.45, 7) is 6.05. The highest BCUT2D eigenvalue weighted by Gasteiger charge is 2.47. The first-order valence-electron chi connectivity index (χ1n) is 7.72. The van der Waals surface area contributed by atoms with Gasteiger partial charge in [-0.15, -0.1) is 11.3 Å². The number of piperidine rings is 1. The Labute approximate surface area is 134 Å². The van der Waals surface area contributed by atoms with Gasteiger partial charge in [0, 0.05) is 23.8 Å². The Bertz CT molecular complexity index is 598. The lowest BCUT2D eigenvalue weighted by atomic mass is 9.92. The second-order valence-electron chi connectivity index (χ2n) is 6.63. The third-order valence-electron chi connectivity index (χ3n) is 4.40. The summed E-state index contributed by atoms with van der Waals surface area (Å²) < 4.78 is 5.56. The van der Waals surface area contributed by atoms with Crippen LogP contribution in [0.4, 0.5) is 4.79 Å². The number of carbonyl (C=O) groups excluding carboxylic acids is 2. The van der Waals surface area contributed by atoms with Gasteiger partial charge in [0.2, 0.25) is 0 Å². The summed E-state index contributed by atoms with van der Waals surface area (Å²) in [5.74, 6) is 0.483. The van der Waals surface area contributed by atoms with E-state index in [1.165, 1.54) is 4.88 Å². The highest BCUT2D eigenvalue weighted by atomic mass is 32.1. The molecule has 2 aliphatic rings. The molecule has 0 saturated carbocycles. The molecule has 22 heavy (non-hydrogen) atoms. The molecule has 2 amide bonds. The van der Waals surface area contributed by atoms with Crippen LogP contribution in [0.1, 0.15) is 47.8 Å². The summed E-state index contributed by atoms with van der Waals surface area (Å²) in [7, 11) is 1.74. The zero-order valence-electron chi connectivity index (χ0n) is 13.3. The standard InChI is InChI=1S/C16H22N2O3S/c1-11(2)13-7-12(8-22-13)14(19)18-6-4-5-16(10-18)9-17(3)15(20)21-16/h7-8,11H,4-6,9-10H2,1-3H3/t16-/m1/s1. The molecule has 0 aromatic carbocycles. The van der Waals surface area contributed by atoms with Crippen LogP contribution in [0, 0.1) is 0 Å². The fourth-order valence-electron chi connectivity index (χ4n) is 3.23. The molecule has 0 bridgehead atoms. The molecule has 0 unspecified atom stereocenters. The lowest BCUT2D eigenvalue weighted by Crippen LogP contribution is -2.52. The number of nitrogens with zero attached hydrogens (tertiary/aromatic N) is 2. The van der Waals surface area contributed by atoms with Crippen LogP contribution in [0.15, 0.2) is 11.4 Å². The van der Waals surface area contributed by atoms with Gasteiger partial charge < -0.3 is 14.5 Å². The smallest absolute Gasteiger partial charge is 0.410 e. The third-order valence-corrected chi connectivity index (χ3v) is 5.64. The average Bonchev–Trinajstić information content (AvgIpc) is 3.05. The highest BCUT2D eigenvalue weighted by Crippen LogP contribution is 2.32. The number of hydrogen-bond donors (Lipinski definition) is 0. The number of carbonyl (C=O) groups is 2. The van der Waals surface area contributed by atoms with Gasteiger partial charge in [0.25, 0.3) is 5.91 Å². The van der Waals surface area contributed by atoms with E-state index in [4.69, 9.17) is 4.74 Å². The van der Waals surface area contributed by atoms with Crippen LogP contribution in [-0.2, 0) is 4.74 Å². The first kappa shape index (κ1) is 15.3. The van der Waals surface area contributed by atoms with Crippen LogP contribution in [0.5, 0.6) is 0 Å². The van der Waals surface area contributed by atoms with E-state index < -0.39 is 5.60 Å². The molecule has 3 heterocycles. The minimum Gasteiger partial charge on any atom is -0.439 e. The Hall–Kier alpha value is -1.56. The van der Waals surface area contributed by atoms with Crippen molar-refractivity contribution >= 4 is 23.3 Å². The van der Waals surface area contributed by atoms with Crippen molar-refractivity contribution in [3.8, 4) is 0 Å². The number of rotatable bonds is 2. The van der Waals surface area contributed by atoms with Gasteiger partial charge in [0.1, 0.15) is 5.60 Å². The summed E-state index contributed by atoms with van der Waals surface area (Å²) in [4.78, 5) is 29.0. The van der Waals surface area contributed by atoms with Gasteiger partial charge in [-0.05, 0) is 24.8 Å². The monoisotopic (exact) mass is 322 g/mol. The summed E-state index contributed by atoms with van der Waals surface area (Å²) in [6.07, 6.45) is 1.41. The first-order chi connectivity index (χ1) is 10.4. The fourth-order valence-corrected chi connectivity index (χ4v) is 4.13. The minimum absolute atomic E-state index is 0.0489. The van der Waals surface area contributed by atoms with Gasteiger partial charge in [-0.2, -0.15) is 0 Å². The summed E-state index contributed by atoms with van der Waals surface area (Å²) in [5.41, 5.74) is 0.236. The molecule has 2 aliphatic heterocycles. The van der Waals surface area contributed by atoms with Gasteiger partial charge in [-0.3, -0.25) is 4.79 Å². The second-order valence-corrected chi connectivity index (χ2v) is 7.57. The van der Waals surface area contributed by atoms with E-state index in [0.717, 1.165) is 24.9 Å². The molecule has 0 aliphatic carbocycles. The zero-order valence-corrected chi connectivity index (χ0v) is 14.1. The van der Waals surface area contributed by atoms with E-state index in [1.807, 2.05) is 16.3 Å². The molecule has 2 fully saturated rings. The lowest BCUT2D eigenvalue weighted by molar-refractivity contribution is -0.00519. The predicted octanol–water partition coefficient (Wildman–Crippen LogP) is 2.93. The van der Waals surface area contributed by atoms with Gasteiger partial charge in [-0.1, -0.05) is 13.8 Å². The second kappa shape index (κ2) is 5.57. The van der Waals surface area contributed by atoms with E-state index in [1.54, 1.807) is 23.3 Å². The van der Waals surface area contributed by atoms with Gasteiger partial charge in [-0.25, -0.2) is 4.79 Å². The quantitative estimate of drug-likeness (QED) is 0.841. The van der Waals surface area contributed by atoms with Gasteiger partial charge in [0.05, 0.1) is 18.7 Å². The molecule has 1 spiro atoms. The molecule has 120 valence electrons. The van der Waals surface area contributed by atoms with Gasteiger partial charge in [0.15, 0.2) is 0 Å². The van der Waals surface area contributed by atoms with Crippen molar-refractivity contribution in [3.05, 3.63) is 21.9 Å². The summed E-state index contributed by atoms with van der Waals surface area (Å²) in [6, 6.07) is 1.99. The summed E-state index contributed by atoms with van der Waals surface area (Å²) in [5, 5.41) is 1.94. The number of amides is 2. The number of likely N-dealkylation sites (tertiary alicyclic amines) is 1. The van der Waals surface area contributed by atoms with Crippen molar-refractivity contribution in [3.63, 3.8) is 0 Å². The maximum Gasteiger partial charge on any atom is 0.410 e. The molecule has 1 aromatic heterocycles. The Balaban J connectivity index is 1.74. The van der Waals surface area contributed by atoms with Crippen LogP contribution < -0.4 is 0 Å². The van der Waals surface area contributed by atoms with Crippen molar-refractivity contribution in [2.75, 3.05) is 26.7 Å². The third kappa shape index (κ3) is 2.72. The molecular weight excluding hydrogens is 300 g/mol. The SMILES string of the molecule is CC(C)c1cc(C(=O)N2CCC[C@@]3(CN(C)C(=O)O3)C2)cs1. The normalized spacial score (nSPS) is 25.2. The van der Waals surface area contributed by atoms with Crippen molar-refractivity contribution in [1.82, 2.24) is 9.80 Å². The Morgan fingerprint density at radius 1 is 1.41 bits per heavy atom. The van der Waals surface area contributed by atoms with Crippen LogP contribution >= 0.6 is 11.3 Å². The van der Waals surface area contributed by atoms with Crippen LogP contribution in [-0.4, -0.2) is 54.1 Å². The van der Waals surface area contributed by atoms with E-state index in [9.17, 15) is 9.59 Å². The average molecular weight is 322 g/mol. The van der Waals surface area contributed by atoms with Crippen molar-refractivity contribution in [1.29, 1.82) is 0 Å². The molecule has 0 radical (unpaired) electrons. The molecule has 6 heteroatoms. The predicted molar refractivity (Wildman–Crippen MR) is 85.4 cm³/mol. The van der Waals surface area contributed by atoms with E-state index in [0.29, 0.717) is 19.0 Å². The van der Waals surface area contributed by atoms with Crippen LogP contribution in [0.3, 0.4) is 0 Å². The molecule has 2 saturated heterocycles. The largest absolute Gasteiger partial charge is 0.439 e. The highest BCUT2D eigenvalue weighted by molar-refractivity contribution is 7.10. The molecule has 0 N–H and O–H groups in total. The van der Waals surface area contributed by atoms with E-state index in [-0.39, 0.29) is 12.0 Å². The Kier molecular flexibility index (Phi) is 3.89. The Morgan fingerprint density at radius 3 is 2.77 bits per heavy atom. The molecule has 3 rings (SSSR count). The topological polar surface area (TPSA) is 49.9 Å². The van der Waals surface area contributed by atoms with Crippen molar-refractivity contribution < 1.29 is 14.3 Å². The van der Waals surface area contributed by atoms with Crippen molar-refractivity contribution in [2.24, 2.45) is 0 Å². The van der Waals surface area contributed by atoms with E-state index in [2.05, 4.69) is 13.8 Å². The zero-order chi connectivity index (χ0) is 15.9. The van der Waals surface area contributed by atoms with Crippen LogP contribution in [0.2, 0.25) is 0 Å². The maximum atomic E-state index is 12.7. The summed E-state index contributed by atoms with van der Waals surface area (Å²) >= 11 is 1.63.